The molecule has 4 heterocycles. The topological polar surface area (TPSA) is 41.1 Å². The predicted molar refractivity (Wildman–Crippen MR) is 107 cm³/mol. The van der Waals surface area contributed by atoms with Crippen LogP contribution >= 0.6 is 39.5 Å². The number of hydrogen-bond acceptors (Lipinski definition) is 4. The van der Waals surface area contributed by atoms with Crippen LogP contribution in [0.5, 0.6) is 0 Å². The highest BCUT2D eigenvalue weighted by Crippen LogP contribution is 2.42. The van der Waals surface area contributed by atoms with Crippen LogP contribution in [0.25, 0.3) is 0 Å². The third-order valence-electron chi connectivity index (χ3n) is 4.18. The molecule has 0 bridgehead atoms. The lowest BCUT2D eigenvalue weighted by Crippen LogP contribution is -2.28. The Hall–Kier alpha value is -1.83. The second-order valence-corrected chi connectivity index (χ2v) is 8.02. The summed E-state index contributed by atoms with van der Waals surface area (Å²) in [6.07, 6.45) is 5.46. The fourth-order valence-electron chi connectivity index (χ4n) is 3.05. The Morgan fingerprint density at radius 3 is 2.72 bits per heavy atom. The molecule has 2 atom stereocenters. The largest absolute Gasteiger partial charge is 0.352 e. The molecule has 1 N–H and O–H groups in total. The predicted octanol–water partition coefficient (Wildman–Crippen LogP) is 4.47. The van der Waals surface area contributed by atoms with Crippen LogP contribution in [0.3, 0.4) is 0 Å². The van der Waals surface area contributed by atoms with Gasteiger partial charge in [-0.15, -0.1) is 11.3 Å². The Morgan fingerprint density at radius 1 is 1.20 bits per heavy atom. The Kier molecular flexibility index (Phi) is 4.78. The Bertz CT molecular complexity index is 869. The molecule has 126 valence electrons. The number of nitrogens with one attached hydrogen (secondary N) is 1. The minimum atomic E-state index is 0.0288. The van der Waals surface area contributed by atoms with Gasteiger partial charge in [-0.05, 0) is 64.0 Å². The van der Waals surface area contributed by atoms with Gasteiger partial charge in [0.25, 0.3) is 0 Å². The summed E-state index contributed by atoms with van der Waals surface area (Å²) in [7, 11) is 0. The van der Waals surface area contributed by atoms with Crippen LogP contribution in [0.15, 0.2) is 64.8 Å². The second-order valence-electron chi connectivity index (χ2n) is 5.78. The molecule has 0 unspecified atom stereocenters. The van der Waals surface area contributed by atoms with Crippen molar-refractivity contribution in [3.8, 4) is 0 Å². The molecule has 1 aliphatic heterocycles. The number of nitrogens with zero attached hydrogens (tertiary/aromatic N) is 3. The molecular formula is C18H15BrN4S2. The summed E-state index contributed by atoms with van der Waals surface area (Å²) < 4.78 is 1.09. The zero-order chi connectivity index (χ0) is 17.2. The highest BCUT2D eigenvalue weighted by molar-refractivity contribution is 9.10. The van der Waals surface area contributed by atoms with Gasteiger partial charge in [-0.25, -0.2) is 0 Å². The molecule has 25 heavy (non-hydrogen) atoms. The number of halogens is 1. The number of hydrogen-bond donors (Lipinski definition) is 1. The molecule has 0 aromatic carbocycles. The fourth-order valence-corrected chi connectivity index (χ4v) is 4.95. The van der Waals surface area contributed by atoms with E-state index >= 15 is 0 Å². The van der Waals surface area contributed by atoms with Crippen LogP contribution in [0.1, 0.15) is 28.2 Å². The van der Waals surface area contributed by atoms with Crippen molar-refractivity contribution in [3.05, 3.63) is 81.0 Å². The van der Waals surface area contributed by atoms with Gasteiger partial charge in [-0.1, -0.05) is 6.07 Å². The van der Waals surface area contributed by atoms with Gasteiger partial charge in [-0.2, -0.15) is 0 Å². The molecule has 1 fully saturated rings. The zero-order valence-electron chi connectivity index (χ0n) is 13.2. The van der Waals surface area contributed by atoms with Crippen LogP contribution in [-0.2, 0) is 6.54 Å². The Balaban J connectivity index is 1.72. The highest BCUT2D eigenvalue weighted by atomic mass is 79.9. The lowest BCUT2D eigenvalue weighted by atomic mass is 10.0. The van der Waals surface area contributed by atoms with Gasteiger partial charge in [0.15, 0.2) is 5.11 Å². The summed E-state index contributed by atoms with van der Waals surface area (Å²) in [4.78, 5) is 12.1. The van der Waals surface area contributed by atoms with Crippen molar-refractivity contribution in [1.82, 2.24) is 20.2 Å². The number of aromatic nitrogens is 2. The van der Waals surface area contributed by atoms with Gasteiger partial charge in [-0.3, -0.25) is 9.97 Å². The molecule has 1 saturated heterocycles. The maximum Gasteiger partial charge on any atom is 0.170 e. The fraction of sp³-hybridized carbons (Fsp3) is 0.167. The van der Waals surface area contributed by atoms with Crippen LogP contribution in [0.2, 0.25) is 0 Å². The summed E-state index contributed by atoms with van der Waals surface area (Å²) in [6, 6.07) is 12.3. The third-order valence-corrected chi connectivity index (χ3v) is 6.30. The first-order chi connectivity index (χ1) is 12.2. The van der Waals surface area contributed by atoms with Crippen molar-refractivity contribution < 1.29 is 0 Å². The lowest BCUT2D eigenvalue weighted by Gasteiger charge is -2.26. The van der Waals surface area contributed by atoms with Crippen LogP contribution in [0, 0.1) is 0 Å². The van der Waals surface area contributed by atoms with Gasteiger partial charge < -0.3 is 10.2 Å². The van der Waals surface area contributed by atoms with E-state index in [1.165, 1.54) is 10.4 Å². The van der Waals surface area contributed by atoms with E-state index in [4.69, 9.17) is 12.2 Å². The summed E-state index contributed by atoms with van der Waals surface area (Å²) in [5, 5.41) is 6.33. The molecular weight excluding hydrogens is 416 g/mol. The number of thiophene rings is 1. The minimum Gasteiger partial charge on any atom is -0.352 e. The molecule has 0 radical (unpaired) electrons. The van der Waals surface area contributed by atoms with Gasteiger partial charge in [0.2, 0.25) is 0 Å². The maximum absolute atomic E-state index is 5.66. The number of pyridine rings is 2. The summed E-state index contributed by atoms with van der Waals surface area (Å²) in [5.74, 6) is 0. The highest BCUT2D eigenvalue weighted by Gasteiger charge is 2.40. The van der Waals surface area contributed by atoms with Crippen LogP contribution in [0.4, 0.5) is 0 Å². The van der Waals surface area contributed by atoms with E-state index in [2.05, 4.69) is 47.6 Å². The SMILES string of the molecule is S=C1N[C@H](c2ccccn2)[C@@H](c2cc(Br)cs2)N1Cc1ccncc1. The quantitative estimate of drug-likeness (QED) is 0.618. The van der Waals surface area contributed by atoms with Crippen LogP contribution < -0.4 is 5.32 Å². The first kappa shape index (κ1) is 16.6. The number of rotatable bonds is 4. The van der Waals surface area contributed by atoms with E-state index in [9.17, 15) is 0 Å². The molecule has 0 spiro atoms. The van der Waals surface area contributed by atoms with Crippen molar-refractivity contribution in [2.24, 2.45) is 0 Å². The first-order valence-electron chi connectivity index (χ1n) is 7.83. The molecule has 3 aromatic heterocycles. The Morgan fingerprint density at radius 2 is 2.04 bits per heavy atom. The third kappa shape index (κ3) is 3.44. The van der Waals surface area contributed by atoms with Crippen molar-refractivity contribution >= 4 is 44.6 Å². The first-order valence-corrected chi connectivity index (χ1v) is 9.91. The summed E-state index contributed by atoms with van der Waals surface area (Å²) in [5.41, 5.74) is 2.18. The van der Waals surface area contributed by atoms with E-state index in [1.807, 2.05) is 48.9 Å². The van der Waals surface area contributed by atoms with Gasteiger partial charge in [0.05, 0.1) is 17.8 Å². The summed E-state index contributed by atoms with van der Waals surface area (Å²) >= 11 is 11.0. The summed E-state index contributed by atoms with van der Waals surface area (Å²) in [6.45, 7) is 0.734. The molecule has 0 aliphatic carbocycles. The molecule has 3 aromatic rings. The maximum atomic E-state index is 5.66. The van der Waals surface area contributed by atoms with E-state index in [1.54, 1.807) is 11.3 Å². The van der Waals surface area contributed by atoms with Crippen LogP contribution in [-0.4, -0.2) is 20.0 Å². The molecule has 4 nitrogen and oxygen atoms in total. The molecule has 0 saturated carbocycles. The Labute approximate surface area is 164 Å². The van der Waals surface area contributed by atoms with Crippen molar-refractivity contribution in [3.63, 3.8) is 0 Å². The molecule has 4 rings (SSSR count). The normalized spacial score (nSPS) is 19.9. The van der Waals surface area contributed by atoms with Crippen molar-refractivity contribution in [2.75, 3.05) is 0 Å². The second kappa shape index (κ2) is 7.19. The monoisotopic (exact) mass is 430 g/mol. The van der Waals surface area contributed by atoms with Gasteiger partial charge in [0, 0.05) is 39.9 Å². The van der Waals surface area contributed by atoms with E-state index in [0.29, 0.717) is 0 Å². The van der Waals surface area contributed by atoms with Gasteiger partial charge >= 0.3 is 0 Å². The smallest absolute Gasteiger partial charge is 0.170 e. The lowest BCUT2D eigenvalue weighted by molar-refractivity contribution is 0.315. The van der Waals surface area contributed by atoms with E-state index < -0.39 is 0 Å². The standard InChI is InChI=1S/C18H15BrN4S2/c19-13-9-15(25-11-13)17-16(14-3-1-2-6-21-14)22-18(24)23(17)10-12-4-7-20-8-5-12/h1-9,11,16-17H,10H2,(H,22,24)/t16-,17-/m1/s1. The zero-order valence-corrected chi connectivity index (χ0v) is 16.4. The van der Waals surface area contributed by atoms with Gasteiger partial charge in [0.1, 0.15) is 0 Å². The van der Waals surface area contributed by atoms with E-state index in [-0.39, 0.29) is 12.1 Å². The minimum absolute atomic E-state index is 0.0288. The average Bonchev–Trinajstić information content (AvgIpc) is 3.20. The molecule has 7 heteroatoms. The molecule has 0 amide bonds. The van der Waals surface area contributed by atoms with E-state index in [0.717, 1.165) is 21.8 Å². The average molecular weight is 431 g/mol. The molecule has 1 aliphatic rings. The number of thiocarbonyl (C=S) groups is 1. The van der Waals surface area contributed by atoms with Crippen molar-refractivity contribution in [1.29, 1.82) is 0 Å². The van der Waals surface area contributed by atoms with Crippen molar-refractivity contribution in [2.45, 2.75) is 18.6 Å².